The molecule has 8 heteroatoms. The largest absolute Gasteiger partial charge is 0.459 e. The van der Waals surface area contributed by atoms with Crippen molar-refractivity contribution in [2.45, 2.75) is 12.5 Å². The number of anilines is 2. The lowest BCUT2D eigenvalue weighted by Crippen LogP contribution is -2.45. The van der Waals surface area contributed by atoms with Crippen LogP contribution in [-0.4, -0.2) is 23.8 Å². The molecule has 3 amide bonds. The average Bonchev–Trinajstić information content (AvgIpc) is 3.31. The molecule has 0 radical (unpaired) electrons. The summed E-state index contributed by atoms with van der Waals surface area (Å²) in [6, 6.07) is 15.0. The average molecular weight is 429 g/mol. The summed E-state index contributed by atoms with van der Waals surface area (Å²) in [7, 11) is 0. The number of halogens is 2. The Kier molecular flexibility index (Phi) is 5.13. The minimum atomic E-state index is -1.04. The van der Waals surface area contributed by atoms with Crippen molar-refractivity contribution in [3.8, 4) is 0 Å². The maximum absolute atomic E-state index is 13.2. The van der Waals surface area contributed by atoms with Crippen molar-refractivity contribution in [2.75, 3.05) is 9.80 Å². The number of rotatable bonds is 4. The number of amides is 3. The van der Waals surface area contributed by atoms with E-state index in [0.29, 0.717) is 21.4 Å². The number of imide groups is 1. The van der Waals surface area contributed by atoms with E-state index >= 15 is 0 Å². The second kappa shape index (κ2) is 7.73. The van der Waals surface area contributed by atoms with E-state index < -0.39 is 23.8 Å². The van der Waals surface area contributed by atoms with Crippen LogP contribution in [0.4, 0.5) is 11.4 Å². The molecule has 0 N–H and O–H groups in total. The van der Waals surface area contributed by atoms with E-state index in [2.05, 4.69) is 0 Å². The van der Waals surface area contributed by atoms with Crippen molar-refractivity contribution < 1.29 is 18.8 Å². The number of carbonyl (C=O) groups excluding carboxylic acids is 3. The molecule has 2 aromatic carbocycles. The van der Waals surface area contributed by atoms with Crippen molar-refractivity contribution in [2.24, 2.45) is 0 Å². The molecule has 4 rings (SSSR count). The van der Waals surface area contributed by atoms with Crippen LogP contribution < -0.4 is 9.80 Å². The highest BCUT2D eigenvalue weighted by Gasteiger charge is 2.45. The molecule has 0 spiro atoms. The summed E-state index contributed by atoms with van der Waals surface area (Å²) >= 11 is 12.1. The molecular weight excluding hydrogens is 415 g/mol. The van der Waals surface area contributed by atoms with Gasteiger partial charge in [-0.2, -0.15) is 0 Å². The Bertz CT molecular complexity index is 1100. The van der Waals surface area contributed by atoms with Crippen LogP contribution in [0.25, 0.3) is 0 Å². The third-order valence-electron chi connectivity index (χ3n) is 4.54. The smallest absolute Gasteiger partial charge is 0.294 e. The van der Waals surface area contributed by atoms with Gasteiger partial charge in [-0.3, -0.25) is 19.3 Å². The van der Waals surface area contributed by atoms with Gasteiger partial charge in [0.25, 0.3) is 11.8 Å². The summed E-state index contributed by atoms with van der Waals surface area (Å²) in [6.45, 7) is 0. The summed E-state index contributed by atoms with van der Waals surface area (Å²) in [5, 5.41) is 0.785. The Morgan fingerprint density at radius 1 is 1.00 bits per heavy atom. The van der Waals surface area contributed by atoms with Gasteiger partial charge in [0.1, 0.15) is 6.04 Å². The molecule has 6 nitrogen and oxygen atoms in total. The SMILES string of the molecule is O=C1C[C@@H](N(C(=O)c2ccco2)c2cccc(Cl)c2)C(=O)N1c1cccc(Cl)c1. The zero-order valence-electron chi connectivity index (χ0n) is 14.9. The van der Waals surface area contributed by atoms with E-state index in [4.69, 9.17) is 27.6 Å². The molecule has 1 fully saturated rings. The predicted octanol–water partition coefficient (Wildman–Crippen LogP) is 4.57. The zero-order valence-corrected chi connectivity index (χ0v) is 16.4. The molecule has 0 saturated carbocycles. The Morgan fingerprint density at radius 3 is 2.38 bits per heavy atom. The van der Waals surface area contributed by atoms with Gasteiger partial charge in [-0.25, -0.2) is 4.90 Å². The van der Waals surface area contributed by atoms with Crippen LogP contribution in [0.5, 0.6) is 0 Å². The lowest BCUT2D eigenvalue weighted by atomic mass is 10.1. The molecule has 3 aromatic rings. The molecule has 1 aliphatic heterocycles. The number of benzene rings is 2. The van der Waals surface area contributed by atoms with Gasteiger partial charge in [-0.15, -0.1) is 0 Å². The Labute approximate surface area is 176 Å². The van der Waals surface area contributed by atoms with Gasteiger partial charge in [0.2, 0.25) is 5.91 Å². The fourth-order valence-electron chi connectivity index (χ4n) is 3.29. The molecule has 1 saturated heterocycles. The van der Waals surface area contributed by atoms with E-state index in [1.54, 1.807) is 48.5 Å². The lowest BCUT2D eigenvalue weighted by molar-refractivity contribution is -0.121. The number of carbonyl (C=O) groups is 3. The molecular formula is C21H14Cl2N2O4. The van der Waals surface area contributed by atoms with Crippen molar-refractivity contribution >= 4 is 52.3 Å². The van der Waals surface area contributed by atoms with Crippen LogP contribution in [0.15, 0.2) is 71.3 Å². The number of hydrogen-bond donors (Lipinski definition) is 0. The van der Waals surface area contributed by atoms with Crippen LogP contribution in [0.2, 0.25) is 10.0 Å². The Hall–Kier alpha value is -3.09. The molecule has 0 unspecified atom stereocenters. The number of nitrogens with zero attached hydrogens (tertiary/aromatic N) is 2. The first-order valence-electron chi connectivity index (χ1n) is 8.70. The third kappa shape index (κ3) is 3.64. The third-order valence-corrected chi connectivity index (χ3v) is 5.01. The Morgan fingerprint density at radius 2 is 1.72 bits per heavy atom. The first-order valence-corrected chi connectivity index (χ1v) is 9.46. The van der Waals surface area contributed by atoms with Gasteiger partial charge < -0.3 is 4.42 Å². The van der Waals surface area contributed by atoms with Gasteiger partial charge in [0.05, 0.1) is 18.4 Å². The predicted molar refractivity (Wildman–Crippen MR) is 109 cm³/mol. The van der Waals surface area contributed by atoms with Crippen molar-refractivity contribution in [3.63, 3.8) is 0 Å². The summed E-state index contributed by atoms with van der Waals surface area (Å²) in [6.07, 6.45) is 1.19. The molecule has 29 heavy (non-hydrogen) atoms. The molecule has 146 valence electrons. The van der Waals surface area contributed by atoms with E-state index in [-0.39, 0.29) is 12.2 Å². The molecule has 0 bridgehead atoms. The minimum Gasteiger partial charge on any atom is -0.459 e. The minimum absolute atomic E-state index is 0.0476. The normalized spacial score (nSPS) is 16.3. The lowest BCUT2D eigenvalue weighted by Gasteiger charge is -2.27. The van der Waals surface area contributed by atoms with Gasteiger partial charge in [0, 0.05) is 15.7 Å². The van der Waals surface area contributed by atoms with Gasteiger partial charge in [-0.1, -0.05) is 35.3 Å². The molecule has 1 atom stereocenters. The molecule has 2 heterocycles. The zero-order chi connectivity index (χ0) is 20.5. The van der Waals surface area contributed by atoms with Crippen LogP contribution >= 0.6 is 23.2 Å². The van der Waals surface area contributed by atoms with Crippen LogP contribution in [0, 0.1) is 0 Å². The monoisotopic (exact) mass is 428 g/mol. The first kappa shape index (κ1) is 19.2. The van der Waals surface area contributed by atoms with Crippen molar-refractivity contribution in [1.29, 1.82) is 0 Å². The second-order valence-corrected chi connectivity index (χ2v) is 7.27. The first-order chi connectivity index (χ1) is 14.0. The summed E-state index contributed by atoms with van der Waals surface area (Å²) < 4.78 is 5.23. The van der Waals surface area contributed by atoms with E-state index in [9.17, 15) is 14.4 Å². The molecule has 0 aliphatic carbocycles. The maximum atomic E-state index is 13.2. The van der Waals surface area contributed by atoms with Gasteiger partial charge in [-0.05, 0) is 48.5 Å². The maximum Gasteiger partial charge on any atom is 0.294 e. The topological polar surface area (TPSA) is 70.8 Å². The summed E-state index contributed by atoms with van der Waals surface area (Å²) in [4.78, 5) is 41.3. The van der Waals surface area contributed by atoms with Gasteiger partial charge >= 0.3 is 0 Å². The summed E-state index contributed by atoms with van der Waals surface area (Å²) in [5.41, 5.74) is 0.740. The second-order valence-electron chi connectivity index (χ2n) is 6.40. The van der Waals surface area contributed by atoms with Crippen LogP contribution in [0.3, 0.4) is 0 Å². The standard InChI is InChI=1S/C21H14Cl2N2O4/c22-13-4-1-6-15(10-13)24(21(28)18-8-3-9-29-18)17-12-19(26)25(20(17)27)16-7-2-5-14(23)11-16/h1-11,17H,12H2/t17-/m1/s1. The Balaban J connectivity index is 1.76. The highest BCUT2D eigenvalue weighted by atomic mass is 35.5. The van der Waals surface area contributed by atoms with Gasteiger partial charge in [0.15, 0.2) is 5.76 Å². The fraction of sp³-hybridized carbons (Fsp3) is 0.0952. The van der Waals surface area contributed by atoms with Crippen molar-refractivity contribution in [3.05, 3.63) is 82.7 Å². The van der Waals surface area contributed by atoms with E-state index in [0.717, 1.165) is 4.90 Å². The van der Waals surface area contributed by atoms with Crippen molar-refractivity contribution in [1.82, 2.24) is 0 Å². The quantitative estimate of drug-likeness (QED) is 0.570. The highest BCUT2D eigenvalue weighted by Crippen LogP contribution is 2.32. The summed E-state index contributed by atoms with van der Waals surface area (Å²) in [5.74, 6) is -1.46. The number of hydrogen-bond acceptors (Lipinski definition) is 4. The van der Waals surface area contributed by atoms with E-state index in [1.165, 1.54) is 23.3 Å². The highest BCUT2D eigenvalue weighted by molar-refractivity contribution is 6.32. The van der Waals surface area contributed by atoms with Crippen LogP contribution in [0.1, 0.15) is 17.0 Å². The fourth-order valence-corrected chi connectivity index (χ4v) is 3.66. The van der Waals surface area contributed by atoms with Crippen LogP contribution in [-0.2, 0) is 9.59 Å². The molecule has 1 aliphatic rings. The molecule has 1 aromatic heterocycles. The number of furan rings is 1. The van der Waals surface area contributed by atoms with E-state index in [1.807, 2.05) is 0 Å².